The number of hydrogen-bond acceptors (Lipinski definition) is 6. The smallest absolute Gasteiger partial charge is 0.356 e. The lowest BCUT2D eigenvalue weighted by Crippen LogP contribution is -2.40. The van der Waals surface area contributed by atoms with Crippen molar-refractivity contribution >= 4 is 27.3 Å². The van der Waals surface area contributed by atoms with Crippen LogP contribution >= 0.6 is 0 Å². The first kappa shape index (κ1) is 23.8. The maximum absolute atomic E-state index is 14.1. The summed E-state index contributed by atoms with van der Waals surface area (Å²) in [7, 11) is -4.17. The first-order chi connectivity index (χ1) is 14.8. The number of alkyl halides is 3. The number of carbonyl (C=O) groups is 1. The molecule has 0 saturated carbocycles. The van der Waals surface area contributed by atoms with Gasteiger partial charge in [0.05, 0.1) is 6.10 Å². The molecule has 1 amide bonds. The summed E-state index contributed by atoms with van der Waals surface area (Å²) in [6.45, 7) is 0.796. The summed E-state index contributed by atoms with van der Waals surface area (Å²) in [6, 6.07) is 2.90. The highest BCUT2D eigenvalue weighted by molar-refractivity contribution is 7.89. The molecule has 0 bridgehead atoms. The second kappa shape index (κ2) is 8.60. The minimum atomic E-state index is -4.97. The fraction of sp³-hybridized carbons (Fsp3) is 0.333. The Labute approximate surface area is 179 Å². The molecule has 0 spiro atoms. The largest absolute Gasteiger partial charge is 0.522 e. The molecule has 1 aromatic carbocycles. The Hall–Kier alpha value is -2.84. The van der Waals surface area contributed by atoms with Crippen molar-refractivity contribution in [2.45, 2.75) is 36.9 Å². The van der Waals surface area contributed by atoms with Crippen LogP contribution in [0.25, 0.3) is 0 Å². The minimum absolute atomic E-state index is 0.0114. The zero-order valence-corrected chi connectivity index (χ0v) is 17.2. The van der Waals surface area contributed by atoms with Crippen LogP contribution in [0.5, 0.6) is 0 Å². The Morgan fingerprint density at radius 2 is 1.97 bits per heavy atom. The van der Waals surface area contributed by atoms with Crippen molar-refractivity contribution < 1.29 is 39.9 Å². The standard InChI is InChI=1S/C18H17F5N4O4S/c1-9-13(3-2-12(19)16(9)20)27-8-11(31-18(21,22)23)7-14(27)17(28)26-10-4-5-25-15(6-10)32(24,29)30/h2-6,11,14H,7-8H2,1H3,(H2,24,29,30)(H,25,26,28)/t11-,14-/m1/s1. The van der Waals surface area contributed by atoms with E-state index in [1.54, 1.807) is 0 Å². The van der Waals surface area contributed by atoms with Crippen LogP contribution in [0.4, 0.5) is 33.3 Å². The first-order valence-corrected chi connectivity index (χ1v) is 10.6. The number of anilines is 2. The molecule has 0 radical (unpaired) electrons. The molecule has 14 heteroatoms. The number of ether oxygens (including phenoxy) is 1. The van der Waals surface area contributed by atoms with Crippen molar-refractivity contribution in [3.8, 4) is 0 Å². The van der Waals surface area contributed by atoms with Gasteiger partial charge in [-0.1, -0.05) is 0 Å². The molecule has 0 aliphatic carbocycles. The van der Waals surface area contributed by atoms with Gasteiger partial charge in [-0.25, -0.2) is 27.3 Å². The van der Waals surface area contributed by atoms with Crippen LogP contribution in [-0.4, -0.2) is 44.4 Å². The quantitative estimate of drug-likeness (QED) is 0.636. The Balaban J connectivity index is 1.92. The Morgan fingerprint density at radius 1 is 1.28 bits per heavy atom. The molecule has 8 nitrogen and oxygen atoms in total. The highest BCUT2D eigenvalue weighted by Crippen LogP contribution is 2.34. The number of nitrogens with two attached hydrogens (primary N) is 1. The number of pyridine rings is 1. The van der Waals surface area contributed by atoms with E-state index in [9.17, 15) is 35.2 Å². The summed E-state index contributed by atoms with van der Waals surface area (Å²) < 4.78 is 92.7. The van der Waals surface area contributed by atoms with Crippen molar-refractivity contribution in [2.75, 3.05) is 16.8 Å². The topological polar surface area (TPSA) is 115 Å². The number of sulfonamides is 1. The van der Waals surface area contributed by atoms with E-state index < -0.39 is 64.1 Å². The molecule has 1 fully saturated rings. The molecular formula is C18H17F5N4O4S. The van der Waals surface area contributed by atoms with Crippen LogP contribution < -0.4 is 15.4 Å². The van der Waals surface area contributed by atoms with E-state index in [0.717, 1.165) is 24.4 Å². The van der Waals surface area contributed by atoms with Crippen LogP contribution in [0.2, 0.25) is 0 Å². The first-order valence-electron chi connectivity index (χ1n) is 9.02. The zero-order chi connectivity index (χ0) is 23.8. The van der Waals surface area contributed by atoms with Crippen LogP contribution in [0.1, 0.15) is 12.0 Å². The maximum Gasteiger partial charge on any atom is 0.522 e. The third-order valence-corrected chi connectivity index (χ3v) is 5.59. The summed E-state index contributed by atoms with van der Waals surface area (Å²) in [5.41, 5.74) is -0.218. The van der Waals surface area contributed by atoms with E-state index in [1.807, 2.05) is 0 Å². The molecule has 3 N–H and O–H groups in total. The van der Waals surface area contributed by atoms with Crippen LogP contribution in [0, 0.1) is 18.6 Å². The fourth-order valence-corrected chi connectivity index (χ4v) is 3.91. The molecule has 2 aromatic rings. The van der Waals surface area contributed by atoms with Crippen molar-refractivity contribution in [3.05, 3.63) is 47.7 Å². The van der Waals surface area contributed by atoms with Gasteiger partial charge in [0.25, 0.3) is 10.0 Å². The van der Waals surface area contributed by atoms with Gasteiger partial charge < -0.3 is 10.2 Å². The van der Waals surface area contributed by atoms with Crippen LogP contribution in [-0.2, 0) is 19.6 Å². The number of hydrogen-bond donors (Lipinski definition) is 2. The molecule has 1 aliphatic heterocycles. The summed E-state index contributed by atoms with van der Waals surface area (Å²) in [4.78, 5) is 17.6. The van der Waals surface area contributed by atoms with E-state index in [4.69, 9.17) is 5.14 Å². The maximum atomic E-state index is 14.1. The summed E-state index contributed by atoms with van der Waals surface area (Å²) in [5, 5.41) is 6.84. The van der Waals surface area contributed by atoms with Gasteiger partial charge >= 0.3 is 6.36 Å². The van der Waals surface area contributed by atoms with Gasteiger partial charge in [-0.15, -0.1) is 13.2 Å². The van der Waals surface area contributed by atoms with Gasteiger partial charge in [-0.05, 0) is 25.1 Å². The molecule has 32 heavy (non-hydrogen) atoms. The lowest BCUT2D eigenvalue weighted by atomic mass is 10.1. The van der Waals surface area contributed by atoms with Crippen LogP contribution in [0.15, 0.2) is 35.5 Å². The predicted molar refractivity (Wildman–Crippen MR) is 102 cm³/mol. The summed E-state index contributed by atoms with van der Waals surface area (Å²) in [6.07, 6.45) is -5.79. The third kappa shape index (κ3) is 5.31. The normalized spacial score (nSPS) is 19.3. The minimum Gasteiger partial charge on any atom is -0.356 e. The van der Waals surface area contributed by atoms with E-state index in [0.29, 0.717) is 0 Å². The van der Waals surface area contributed by atoms with Crippen molar-refractivity contribution in [2.24, 2.45) is 5.14 Å². The summed E-state index contributed by atoms with van der Waals surface area (Å²) in [5.74, 6) is -3.18. The Bertz CT molecular complexity index is 1140. The molecule has 1 saturated heterocycles. The number of carbonyl (C=O) groups excluding carboxylic acids is 1. The predicted octanol–water partition coefficient (Wildman–Crippen LogP) is 2.44. The lowest BCUT2D eigenvalue weighted by Gasteiger charge is -2.27. The second-order valence-corrected chi connectivity index (χ2v) is 8.52. The molecule has 174 valence electrons. The number of nitrogens with zero attached hydrogens (tertiary/aromatic N) is 2. The van der Waals surface area contributed by atoms with E-state index in [2.05, 4.69) is 15.0 Å². The Morgan fingerprint density at radius 3 is 2.59 bits per heavy atom. The van der Waals surface area contributed by atoms with Gasteiger partial charge in [-0.2, -0.15) is 0 Å². The number of halogens is 5. The van der Waals surface area contributed by atoms with Crippen LogP contribution in [0.3, 0.4) is 0 Å². The lowest BCUT2D eigenvalue weighted by molar-refractivity contribution is -0.339. The molecule has 2 heterocycles. The van der Waals surface area contributed by atoms with Crippen molar-refractivity contribution in [1.29, 1.82) is 0 Å². The van der Waals surface area contributed by atoms with Gasteiger partial charge in [0.1, 0.15) is 6.04 Å². The van der Waals surface area contributed by atoms with Gasteiger partial charge in [0, 0.05) is 42.2 Å². The number of rotatable bonds is 5. The molecule has 2 atom stereocenters. The van der Waals surface area contributed by atoms with Crippen molar-refractivity contribution in [3.63, 3.8) is 0 Å². The second-order valence-electron chi connectivity index (χ2n) is 7.01. The van der Waals surface area contributed by atoms with E-state index in [-0.39, 0.29) is 16.9 Å². The average Bonchev–Trinajstić information content (AvgIpc) is 3.07. The summed E-state index contributed by atoms with van der Waals surface area (Å²) >= 11 is 0. The molecular weight excluding hydrogens is 463 g/mol. The Kier molecular flexibility index (Phi) is 6.40. The number of primary sulfonamides is 1. The highest BCUT2D eigenvalue weighted by atomic mass is 32.2. The van der Waals surface area contributed by atoms with Gasteiger partial charge in [-0.3, -0.25) is 9.53 Å². The van der Waals surface area contributed by atoms with Gasteiger partial charge in [0.2, 0.25) is 5.91 Å². The molecule has 0 unspecified atom stereocenters. The number of aromatic nitrogens is 1. The number of nitrogens with one attached hydrogen (secondary N) is 1. The van der Waals surface area contributed by atoms with E-state index >= 15 is 0 Å². The van der Waals surface area contributed by atoms with Gasteiger partial charge in [0.15, 0.2) is 16.7 Å². The van der Waals surface area contributed by atoms with Crippen molar-refractivity contribution in [1.82, 2.24) is 4.98 Å². The zero-order valence-electron chi connectivity index (χ0n) is 16.4. The average molecular weight is 480 g/mol. The molecule has 3 rings (SSSR count). The number of benzene rings is 1. The monoisotopic (exact) mass is 480 g/mol. The number of amides is 1. The fourth-order valence-electron chi connectivity index (χ4n) is 3.41. The molecule has 1 aromatic heterocycles. The third-order valence-electron chi connectivity index (χ3n) is 4.78. The molecule has 1 aliphatic rings. The van der Waals surface area contributed by atoms with E-state index in [1.165, 1.54) is 17.9 Å². The SMILES string of the molecule is Cc1c(N2C[C@H](OC(F)(F)F)C[C@@H]2C(=O)Nc2ccnc(S(N)(=O)=O)c2)ccc(F)c1F. The highest BCUT2D eigenvalue weighted by Gasteiger charge is 2.43.